The van der Waals surface area contributed by atoms with Crippen molar-refractivity contribution in [2.75, 3.05) is 6.61 Å². The average Bonchev–Trinajstić information content (AvgIpc) is 3.22. The number of hydrogen-bond donors (Lipinski definition) is 1. The fourth-order valence-corrected chi connectivity index (χ4v) is 3.94. The van der Waals surface area contributed by atoms with E-state index in [0.29, 0.717) is 11.1 Å². The third-order valence-corrected chi connectivity index (χ3v) is 5.50. The summed E-state index contributed by atoms with van der Waals surface area (Å²) >= 11 is 0. The van der Waals surface area contributed by atoms with Crippen LogP contribution in [0.25, 0.3) is 38.9 Å². The number of carbonyl (C=O) groups excluding carboxylic acids is 2. The maximum atomic E-state index is 12.4. The number of hydrogen-bond acceptors (Lipinski definition) is 6. The molecule has 4 heterocycles. The smallest absolute Gasteiger partial charge is 0.338 e. The van der Waals surface area contributed by atoms with Gasteiger partial charge in [-0.15, -0.1) is 0 Å². The zero-order chi connectivity index (χ0) is 23.7. The first-order chi connectivity index (χ1) is 16.5. The minimum absolute atomic E-state index is 0.0216. The van der Waals surface area contributed by atoms with Crippen LogP contribution in [0.2, 0.25) is 0 Å². The zero-order valence-electron chi connectivity index (χ0n) is 18.4. The summed E-state index contributed by atoms with van der Waals surface area (Å²) in [7, 11) is 0. The molecule has 168 valence electrons. The maximum absolute atomic E-state index is 12.4. The highest BCUT2D eigenvalue weighted by molar-refractivity contribution is 6.05. The Bertz CT molecular complexity index is 1560. The third kappa shape index (κ3) is 3.97. The number of pyridine rings is 3. The van der Waals surface area contributed by atoms with Gasteiger partial charge in [0.25, 0.3) is 0 Å². The Labute approximate surface area is 195 Å². The number of rotatable bonds is 6. The molecule has 0 aliphatic carbocycles. The van der Waals surface area contributed by atoms with Gasteiger partial charge >= 0.3 is 5.97 Å². The summed E-state index contributed by atoms with van der Waals surface area (Å²) in [5.41, 5.74) is 11.3. The van der Waals surface area contributed by atoms with Crippen LogP contribution in [-0.4, -0.2) is 38.1 Å². The van der Waals surface area contributed by atoms with Crippen LogP contribution in [0, 0.1) is 6.92 Å². The quantitative estimate of drug-likeness (QED) is 0.391. The zero-order valence-corrected chi connectivity index (χ0v) is 18.4. The lowest BCUT2D eigenvalue weighted by Gasteiger charge is -2.09. The van der Waals surface area contributed by atoms with Crippen molar-refractivity contribution in [2.24, 2.45) is 5.73 Å². The normalized spacial score (nSPS) is 11.1. The van der Waals surface area contributed by atoms with Crippen LogP contribution in [0.1, 0.15) is 22.5 Å². The Morgan fingerprint density at radius 2 is 1.94 bits per heavy atom. The van der Waals surface area contributed by atoms with Crippen LogP contribution in [0.5, 0.6) is 0 Å². The fourth-order valence-electron chi connectivity index (χ4n) is 3.94. The molecule has 8 heteroatoms. The number of nitrogens with zero attached hydrogens (tertiary/aromatic N) is 4. The Morgan fingerprint density at radius 1 is 1.06 bits per heavy atom. The van der Waals surface area contributed by atoms with E-state index in [0.717, 1.165) is 39.1 Å². The summed E-state index contributed by atoms with van der Waals surface area (Å²) in [5, 5.41) is 5.69. The lowest BCUT2D eigenvalue weighted by molar-refractivity contribution is -0.118. The van der Waals surface area contributed by atoms with Gasteiger partial charge in [0.15, 0.2) is 0 Å². The summed E-state index contributed by atoms with van der Waals surface area (Å²) in [5.74, 6) is -1.05. The molecule has 0 radical (unpaired) electrons. The van der Waals surface area contributed by atoms with Gasteiger partial charge in [-0.25, -0.2) is 9.31 Å². The van der Waals surface area contributed by atoms with E-state index in [1.54, 1.807) is 18.3 Å². The summed E-state index contributed by atoms with van der Waals surface area (Å²) in [6, 6.07) is 18.9. The second kappa shape index (κ2) is 8.74. The highest BCUT2D eigenvalue weighted by Gasteiger charge is 2.20. The van der Waals surface area contributed by atoms with Crippen molar-refractivity contribution in [1.29, 1.82) is 0 Å². The summed E-state index contributed by atoms with van der Waals surface area (Å²) < 4.78 is 6.99. The van der Waals surface area contributed by atoms with E-state index in [-0.39, 0.29) is 13.0 Å². The average molecular weight is 451 g/mol. The highest BCUT2D eigenvalue weighted by atomic mass is 16.5. The molecule has 0 fully saturated rings. The number of fused-ring (bicyclic) bond motifs is 2. The fraction of sp³-hybridized carbons (Fsp3) is 0.115. The van der Waals surface area contributed by atoms with E-state index < -0.39 is 11.9 Å². The van der Waals surface area contributed by atoms with Crippen LogP contribution in [-0.2, 0) is 9.53 Å². The summed E-state index contributed by atoms with van der Waals surface area (Å²) in [4.78, 5) is 32.5. The number of carbonyl (C=O) groups is 2. The lowest BCUT2D eigenvalue weighted by Crippen LogP contribution is -2.15. The van der Waals surface area contributed by atoms with E-state index >= 15 is 0 Å². The second-order valence-electron chi connectivity index (χ2n) is 7.86. The van der Waals surface area contributed by atoms with Gasteiger partial charge in [0.1, 0.15) is 12.3 Å². The monoisotopic (exact) mass is 451 g/mol. The predicted octanol–water partition coefficient (Wildman–Crippen LogP) is 3.95. The molecule has 1 aromatic carbocycles. The van der Waals surface area contributed by atoms with Crippen molar-refractivity contribution in [3.63, 3.8) is 0 Å². The molecular weight excluding hydrogens is 430 g/mol. The van der Waals surface area contributed by atoms with Gasteiger partial charge < -0.3 is 10.5 Å². The number of aryl methyl sites for hydroxylation is 1. The minimum atomic E-state index is -0.531. The summed E-state index contributed by atoms with van der Waals surface area (Å²) in [6.07, 6.45) is 3.59. The van der Waals surface area contributed by atoms with Crippen molar-refractivity contribution in [3.8, 4) is 22.5 Å². The highest BCUT2D eigenvalue weighted by Crippen LogP contribution is 2.38. The van der Waals surface area contributed by atoms with Crippen LogP contribution < -0.4 is 5.73 Å². The van der Waals surface area contributed by atoms with Crippen LogP contribution in [0.3, 0.4) is 0 Å². The first-order valence-corrected chi connectivity index (χ1v) is 10.8. The van der Waals surface area contributed by atoms with Crippen molar-refractivity contribution in [1.82, 2.24) is 19.6 Å². The number of benzene rings is 1. The van der Waals surface area contributed by atoms with Gasteiger partial charge in [-0.05, 0) is 55.0 Å². The Morgan fingerprint density at radius 3 is 2.76 bits per heavy atom. The maximum Gasteiger partial charge on any atom is 0.338 e. The number of aromatic nitrogens is 4. The molecule has 0 aliphatic rings. The molecule has 0 aliphatic heterocycles. The SMILES string of the molecule is Cc1cccc(-c2nn3ccccc3c2-c2ccnc3cc(C(=O)OCCC(N)=O)ccc23)n1. The molecule has 0 saturated heterocycles. The van der Waals surface area contributed by atoms with Crippen molar-refractivity contribution in [3.05, 3.63) is 84.3 Å². The standard InChI is InChI=1S/C26H21N5O3/c1-16-5-4-6-20(29-16)25-24(22-7-2-3-13-31(22)30-25)19-10-12-28-21-15-17(8-9-18(19)21)26(33)34-14-11-23(27)32/h2-10,12-13,15H,11,14H2,1H3,(H2,27,32). The largest absolute Gasteiger partial charge is 0.462 e. The molecule has 5 rings (SSSR count). The van der Waals surface area contributed by atoms with E-state index in [4.69, 9.17) is 20.6 Å². The van der Waals surface area contributed by atoms with Crippen LogP contribution in [0.4, 0.5) is 0 Å². The van der Waals surface area contributed by atoms with Crippen LogP contribution in [0.15, 0.2) is 73.1 Å². The van der Waals surface area contributed by atoms with Gasteiger partial charge in [-0.1, -0.05) is 18.2 Å². The van der Waals surface area contributed by atoms with Crippen molar-refractivity contribution >= 4 is 28.3 Å². The molecule has 2 N–H and O–H groups in total. The molecule has 34 heavy (non-hydrogen) atoms. The number of amides is 1. The molecule has 0 unspecified atom stereocenters. The van der Waals surface area contributed by atoms with Gasteiger partial charge in [-0.3, -0.25) is 14.8 Å². The molecule has 1 amide bonds. The molecule has 0 spiro atoms. The topological polar surface area (TPSA) is 112 Å². The molecule has 4 aromatic heterocycles. The molecule has 0 atom stereocenters. The Hall–Kier alpha value is -4.59. The Kier molecular flexibility index (Phi) is 5.47. The van der Waals surface area contributed by atoms with Gasteiger partial charge in [0, 0.05) is 29.0 Å². The van der Waals surface area contributed by atoms with Gasteiger partial charge in [-0.2, -0.15) is 5.10 Å². The number of esters is 1. The first-order valence-electron chi connectivity index (χ1n) is 10.8. The van der Waals surface area contributed by atoms with Crippen LogP contribution >= 0.6 is 0 Å². The molecule has 0 saturated carbocycles. The van der Waals surface area contributed by atoms with E-state index in [1.807, 2.05) is 66.2 Å². The van der Waals surface area contributed by atoms with E-state index in [9.17, 15) is 9.59 Å². The summed E-state index contributed by atoms with van der Waals surface area (Å²) in [6.45, 7) is 1.89. The number of ether oxygens (including phenoxy) is 1. The predicted molar refractivity (Wildman–Crippen MR) is 128 cm³/mol. The lowest BCUT2D eigenvalue weighted by atomic mass is 9.97. The minimum Gasteiger partial charge on any atom is -0.462 e. The molecule has 8 nitrogen and oxygen atoms in total. The number of primary amides is 1. The molecule has 5 aromatic rings. The first kappa shape index (κ1) is 21.3. The number of nitrogens with two attached hydrogens (primary N) is 1. The second-order valence-corrected chi connectivity index (χ2v) is 7.86. The Balaban J connectivity index is 1.64. The van der Waals surface area contributed by atoms with Crippen molar-refractivity contribution in [2.45, 2.75) is 13.3 Å². The molecular formula is C26H21N5O3. The third-order valence-electron chi connectivity index (χ3n) is 5.50. The molecule has 0 bridgehead atoms. The van der Waals surface area contributed by atoms with E-state index in [2.05, 4.69) is 4.98 Å². The van der Waals surface area contributed by atoms with Gasteiger partial charge in [0.05, 0.1) is 28.7 Å². The van der Waals surface area contributed by atoms with E-state index in [1.165, 1.54) is 0 Å². The van der Waals surface area contributed by atoms with Crippen molar-refractivity contribution < 1.29 is 14.3 Å². The van der Waals surface area contributed by atoms with Gasteiger partial charge in [0.2, 0.25) is 5.91 Å².